The Morgan fingerprint density at radius 1 is 0.833 bits per heavy atom. The fraction of sp³-hybridized carbons (Fsp3) is 1.00. The molecule has 0 atom stereocenters. The van der Waals surface area contributed by atoms with Gasteiger partial charge in [0.1, 0.15) is 0 Å². The van der Waals surface area contributed by atoms with Gasteiger partial charge in [-0.2, -0.15) is 0 Å². The Kier molecular flexibility index (Phi) is 13.9. The molecule has 0 aromatic rings. The standard InChI is InChI=1S/3C2H5.Al.4ClH.Ti/c3*1-2;;;;;;/h3*1H2,2H3;;4*1H;/q;;;;;;;;+4/p-4. The van der Waals surface area contributed by atoms with Crippen molar-refractivity contribution in [1.29, 1.82) is 0 Å². The van der Waals surface area contributed by atoms with E-state index in [0.29, 0.717) is 0 Å². The second kappa shape index (κ2) is 9.94. The van der Waals surface area contributed by atoms with Crippen LogP contribution in [0, 0.1) is 0 Å². The van der Waals surface area contributed by atoms with Crippen molar-refractivity contribution >= 4 is 51.4 Å². The third-order valence-corrected chi connectivity index (χ3v) is 5.20. The molecule has 0 N–H and O–H groups in total. The van der Waals surface area contributed by atoms with Crippen LogP contribution < -0.4 is 0 Å². The summed E-state index contributed by atoms with van der Waals surface area (Å²) < 4.78 is 0. The molecule has 12 heavy (non-hydrogen) atoms. The Hall–Kier alpha value is 2.41. The summed E-state index contributed by atoms with van der Waals surface area (Å²) in [6, 6.07) is 0. The predicted octanol–water partition coefficient (Wildman–Crippen LogP) is 5.30. The zero-order valence-corrected chi connectivity index (χ0v) is 13.5. The number of halogens is 4. The van der Waals surface area contributed by atoms with Gasteiger partial charge >= 0.3 is 49.6 Å². The van der Waals surface area contributed by atoms with Crippen molar-refractivity contribution in [2.24, 2.45) is 0 Å². The van der Waals surface area contributed by atoms with Crippen LogP contribution in [0.4, 0.5) is 0 Å². The molecule has 0 nitrogen and oxygen atoms in total. The van der Waals surface area contributed by atoms with Crippen LogP contribution in [0.5, 0.6) is 0 Å². The first kappa shape index (κ1) is 16.8. The van der Waals surface area contributed by atoms with Gasteiger partial charge in [-0.05, 0) is 0 Å². The van der Waals surface area contributed by atoms with Crippen LogP contribution in [0.3, 0.4) is 0 Å². The maximum absolute atomic E-state index is 5.01. The summed E-state index contributed by atoms with van der Waals surface area (Å²) in [5.74, 6) is 0. The molecule has 0 aliphatic carbocycles. The second-order valence-corrected chi connectivity index (χ2v) is 22.2. The average Bonchev–Trinajstić information content (AvgIpc) is 1.88. The van der Waals surface area contributed by atoms with E-state index < -0.39 is 12.3 Å². The summed E-state index contributed by atoms with van der Waals surface area (Å²) in [5.41, 5.74) is 0. The second-order valence-electron chi connectivity index (χ2n) is 2.52. The molecule has 0 aliphatic heterocycles. The minimum absolute atomic E-state index is 0.171. The number of hydrogen-bond acceptors (Lipinski definition) is 0. The minimum atomic E-state index is -3.11. The summed E-state index contributed by atoms with van der Waals surface area (Å²) in [6.45, 7) is 6.97. The zero-order chi connectivity index (χ0) is 10.2. The normalized spacial score (nSPS) is 10.2. The predicted molar refractivity (Wildman–Crippen MR) is 60.6 cm³/mol. The molecule has 0 saturated carbocycles. The quantitative estimate of drug-likeness (QED) is 0.621. The molecule has 0 unspecified atom stereocenters. The van der Waals surface area contributed by atoms with Crippen LogP contribution in [-0.4, -0.2) is 14.1 Å². The molecule has 0 aromatic heterocycles. The Bertz CT molecular complexity index is 80.5. The van der Waals surface area contributed by atoms with E-state index in [1.807, 2.05) is 0 Å². The Labute approximate surface area is 99.2 Å². The summed E-state index contributed by atoms with van der Waals surface area (Å²) in [7, 11) is 20.1. The van der Waals surface area contributed by atoms with Crippen LogP contribution in [-0.2, 0) is 12.3 Å². The van der Waals surface area contributed by atoms with Crippen LogP contribution in [0.25, 0.3) is 0 Å². The van der Waals surface area contributed by atoms with Gasteiger partial charge in [0.05, 0.1) is 0 Å². The van der Waals surface area contributed by atoms with Gasteiger partial charge in [-0.3, -0.25) is 0 Å². The first-order valence-electron chi connectivity index (χ1n) is 4.10. The van der Waals surface area contributed by atoms with Crippen molar-refractivity contribution in [3.8, 4) is 0 Å². The van der Waals surface area contributed by atoms with Gasteiger partial charge in [-0.1, -0.05) is 36.6 Å². The first-order chi connectivity index (χ1) is 5.35. The number of hydrogen-bond donors (Lipinski definition) is 0. The molecule has 0 aliphatic rings. The van der Waals surface area contributed by atoms with E-state index in [2.05, 4.69) is 20.8 Å². The SMILES string of the molecule is C[CH2][Al]([CH2]C)[CH2]C.[Cl][Ti]([Cl])([Cl])[Cl]. The molecule has 0 amide bonds. The van der Waals surface area contributed by atoms with Crippen molar-refractivity contribution in [2.75, 3.05) is 0 Å². The van der Waals surface area contributed by atoms with Gasteiger partial charge in [0.15, 0.2) is 0 Å². The molecule has 0 heterocycles. The van der Waals surface area contributed by atoms with Gasteiger partial charge in [0, 0.05) is 0 Å². The summed E-state index contributed by atoms with van der Waals surface area (Å²) in [5, 5.41) is 4.48. The van der Waals surface area contributed by atoms with Crippen molar-refractivity contribution in [2.45, 2.75) is 36.6 Å². The topological polar surface area (TPSA) is 0 Å². The van der Waals surface area contributed by atoms with Gasteiger partial charge < -0.3 is 0 Å². The van der Waals surface area contributed by atoms with E-state index in [9.17, 15) is 0 Å². The molecule has 0 fully saturated rings. The molecule has 6 heteroatoms. The fourth-order valence-corrected chi connectivity index (χ4v) is 2.60. The van der Waals surface area contributed by atoms with E-state index in [1.165, 1.54) is 15.8 Å². The van der Waals surface area contributed by atoms with Gasteiger partial charge in [0.25, 0.3) is 14.1 Å². The van der Waals surface area contributed by atoms with Crippen LogP contribution in [0.15, 0.2) is 0 Å². The molecule has 0 aromatic carbocycles. The van der Waals surface area contributed by atoms with Crippen molar-refractivity contribution in [1.82, 2.24) is 0 Å². The molecular formula is C6H15AlCl4Ti. The molecule has 0 spiro atoms. The van der Waals surface area contributed by atoms with E-state index in [4.69, 9.17) is 37.2 Å². The average molecular weight is 304 g/mol. The maximum atomic E-state index is 5.01. The van der Waals surface area contributed by atoms with Gasteiger partial charge in [-0.15, -0.1) is 0 Å². The van der Waals surface area contributed by atoms with Crippen LogP contribution >= 0.6 is 37.2 Å². The number of rotatable bonds is 3. The summed E-state index contributed by atoms with van der Waals surface area (Å²) >= 11 is -3.28. The molecule has 0 rings (SSSR count). The summed E-state index contributed by atoms with van der Waals surface area (Å²) in [6.07, 6.45) is 0. The first-order valence-corrected chi connectivity index (χ1v) is 15.1. The van der Waals surface area contributed by atoms with E-state index in [0.717, 1.165) is 0 Å². The summed E-state index contributed by atoms with van der Waals surface area (Å²) in [4.78, 5) is 0. The molecule has 74 valence electrons. The van der Waals surface area contributed by atoms with Gasteiger partial charge in [-0.25, -0.2) is 0 Å². The van der Waals surface area contributed by atoms with Gasteiger partial charge in [0.2, 0.25) is 0 Å². The Morgan fingerprint density at radius 2 is 1.00 bits per heavy atom. The Balaban J connectivity index is 0. The third-order valence-electron chi connectivity index (χ3n) is 1.73. The fourth-order valence-electron chi connectivity index (χ4n) is 0.866. The van der Waals surface area contributed by atoms with E-state index >= 15 is 0 Å². The molecule has 0 bridgehead atoms. The molecular weight excluding hydrogens is 289 g/mol. The Morgan fingerprint density at radius 3 is 1.00 bits per heavy atom. The van der Waals surface area contributed by atoms with E-state index in [1.54, 1.807) is 0 Å². The monoisotopic (exact) mass is 302 g/mol. The van der Waals surface area contributed by atoms with E-state index in [-0.39, 0.29) is 14.1 Å². The third kappa shape index (κ3) is 22.8. The van der Waals surface area contributed by atoms with Crippen molar-refractivity contribution in [3.05, 3.63) is 0 Å². The zero-order valence-electron chi connectivity index (χ0n) is 7.71. The van der Waals surface area contributed by atoms with Crippen molar-refractivity contribution in [3.63, 3.8) is 0 Å². The van der Waals surface area contributed by atoms with Crippen LogP contribution in [0.1, 0.15) is 20.8 Å². The molecule has 0 radical (unpaired) electrons. The van der Waals surface area contributed by atoms with Crippen molar-refractivity contribution < 1.29 is 12.3 Å². The van der Waals surface area contributed by atoms with Crippen LogP contribution in [0.2, 0.25) is 15.8 Å². The molecule has 0 saturated heterocycles.